The molecule has 0 atom stereocenters. The number of carbonyl (C=O) groups excluding carboxylic acids is 1. The van der Waals surface area contributed by atoms with Crippen molar-refractivity contribution in [1.82, 2.24) is 0 Å². The van der Waals surface area contributed by atoms with Crippen molar-refractivity contribution in [2.24, 2.45) is 0 Å². The van der Waals surface area contributed by atoms with Gasteiger partial charge in [0, 0.05) is 17.1 Å². The van der Waals surface area contributed by atoms with Gasteiger partial charge in [0.15, 0.2) is 0 Å². The first-order valence-corrected chi connectivity index (χ1v) is 6.21. The first kappa shape index (κ1) is 12.7. The number of aryl methyl sites for hydroxylation is 1. The van der Waals surface area contributed by atoms with Crippen LogP contribution in [0.2, 0.25) is 5.02 Å². The van der Waals surface area contributed by atoms with Crippen molar-refractivity contribution in [3.8, 4) is 0 Å². The van der Waals surface area contributed by atoms with Crippen LogP contribution in [0.5, 0.6) is 0 Å². The number of benzene rings is 2. The summed E-state index contributed by atoms with van der Waals surface area (Å²) in [5.41, 5.74) is 1.90. The summed E-state index contributed by atoms with van der Waals surface area (Å²) >= 11 is 5.85. The summed E-state index contributed by atoms with van der Waals surface area (Å²) in [6.07, 6.45) is 1.21. The Morgan fingerprint density at radius 3 is 2.56 bits per heavy atom. The van der Waals surface area contributed by atoms with Gasteiger partial charge in [-0.1, -0.05) is 48.0 Å². The van der Waals surface area contributed by atoms with Gasteiger partial charge in [-0.15, -0.1) is 0 Å². The molecule has 0 spiro atoms. The quantitative estimate of drug-likeness (QED) is 0.886. The maximum absolute atomic E-state index is 11.7. The molecule has 0 unspecified atom stereocenters. The van der Waals surface area contributed by atoms with E-state index in [-0.39, 0.29) is 5.91 Å². The van der Waals surface area contributed by atoms with Gasteiger partial charge in [-0.3, -0.25) is 4.79 Å². The second-order valence-electron chi connectivity index (χ2n) is 4.04. The van der Waals surface area contributed by atoms with Crippen molar-refractivity contribution < 1.29 is 4.79 Å². The lowest BCUT2D eigenvalue weighted by Crippen LogP contribution is -2.12. The largest absolute Gasteiger partial charge is 0.326 e. The molecule has 1 amide bonds. The third-order valence-corrected chi connectivity index (χ3v) is 2.83. The summed E-state index contributed by atoms with van der Waals surface area (Å²) in [6, 6.07) is 17.1. The van der Waals surface area contributed by atoms with Crippen molar-refractivity contribution in [2.45, 2.75) is 12.8 Å². The van der Waals surface area contributed by atoms with E-state index in [1.165, 1.54) is 5.56 Å². The topological polar surface area (TPSA) is 29.1 Å². The third kappa shape index (κ3) is 3.90. The van der Waals surface area contributed by atoms with E-state index in [9.17, 15) is 4.79 Å². The number of anilines is 1. The Bertz CT molecular complexity index is 525. The normalized spacial score (nSPS) is 10.1. The minimum atomic E-state index is 0.00104. The fourth-order valence-electron chi connectivity index (χ4n) is 1.69. The van der Waals surface area contributed by atoms with Crippen LogP contribution >= 0.6 is 11.6 Å². The van der Waals surface area contributed by atoms with Crippen molar-refractivity contribution in [3.63, 3.8) is 0 Å². The summed E-state index contributed by atoms with van der Waals surface area (Å²) in [5.74, 6) is 0.00104. The zero-order valence-electron chi connectivity index (χ0n) is 9.90. The molecule has 0 aromatic heterocycles. The third-order valence-electron chi connectivity index (χ3n) is 2.59. The second-order valence-corrected chi connectivity index (χ2v) is 4.48. The molecule has 0 aliphatic carbocycles. The molecule has 92 valence electrons. The predicted molar refractivity (Wildman–Crippen MR) is 74.8 cm³/mol. The molecule has 2 nitrogen and oxygen atoms in total. The van der Waals surface area contributed by atoms with E-state index in [4.69, 9.17) is 11.6 Å². The average Bonchev–Trinajstić information content (AvgIpc) is 2.38. The van der Waals surface area contributed by atoms with Crippen LogP contribution in [0, 0.1) is 0 Å². The molecular weight excluding hydrogens is 246 g/mol. The van der Waals surface area contributed by atoms with Crippen LogP contribution in [0.1, 0.15) is 12.0 Å². The molecule has 0 aliphatic heterocycles. The molecule has 0 fully saturated rings. The Balaban J connectivity index is 1.86. The Labute approximate surface area is 112 Å². The van der Waals surface area contributed by atoms with Crippen LogP contribution in [0.3, 0.4) is 0 Å². The summed E-state index contributed by atoms with van der Waals surface area (Å²) < 4.78 is 0. The van der Waals surface area contributed by atoms with Gasteiger partial charge >= 0.3 is 0 Å². The first-order valence-electron chi connectivity index (χ1n) is 5.83. The second kappa shape index (κ2) is 6.22. The molecule has 0 radical (unpaired) electrons. The maximum atomic E-state index is 11.7. The van der Waals surface area contributed by atoms with Crippen LogP contribution in [-0.4, -0.2) is 5.91 Å². The van der Waals surface area contributed by atoms with Crippen LogP contribution in [-0.2, 0) is 11.2 Å². The molecule has 0 aliphatic rings. The van der Waals surface area contributed by atoms with Crippen LogP contribution in [0.25, 0.3) is 0 Å². The van der Waals surface area contributed by atoms with E-state index in [0.717, 1.165) is 12.1 Å². The number of halogens is 1. The van der Waals surface area contributed by atoms with Crippen LogP contribution in [0.4, 0.5) is 5.69 Å². The molecular formula is C15H14ClNO. The fourth-order valence-corrected chi connectivity index (χ4v) is 1.88. The lowest BCUT2D eigenvalue weighted by Gasteiger charge is -2.05. The number of rotatable bonds is 4. The van der Waals surface area contributed by atoms with Crippen molar-refractivity contribution in [1.29, 1.82) is 0 Å². The first-order chi connectivity index (χ1) is 8.74. The molecule has 0 saturated carbocycles. The summed E-state index contributed by atoms with van der Waals surface area (Å²) in [6.45, 7) is 0. The van der Waals surface area contributed by atoms with Crippen molar-refractivity contribution in [3.05, 3.63) is 65.2 Å². The molecule has 1 N–H and O–H groups in total. The molecule has 2 rings (SSSR count). The number of hydrogen-bond acceptors (Lipinski definition) is 1. The van der Waals surface area contributed by atoms with Gasteiger partial charge in [0.2, 0.25) is 5.91 Å². The zero-order chi connectivity index (χ0) is 12.8. The molecule has 0 heterocycles. The average molecular weight is 260 g/mol. The predicted octanol–water partition coefficient (Wildman–Crippen LogP) is 3.91. The van der Waals surface area contributed by atoms with E-state index in [1.807, 2.05) is 42.5 Å². The highest BCUT2D eigenvalue weighted by Crippen LogP contribution is 2.15. The number of carbonyl (C=O) groups is 1. The highest BCUT2D eigenvalue weighted by atomic mass is 35.5. The van der Waals surface area contributed by atoms with Gasteiger partial charge in [0.25, 0.3) is 0 Å². The van der Waals surface area contributed by atoms with E-state index < -0.39 is 0 Å². The molecule has 0 bridgehead atoms. The van der Waals surface area contributed by atoms with Gasteiger partial charge in [-0.05, 0) is 30.2 Å². The minimum absolute atomic E-state index is 0.00104. The van der Waals surface area contributed by atoms with Gasteiger partial charge in [0.1, 0.15) is 0 Å². The Morgan fingerprint density at radius 2 is 1.83 bits per heavy atom. The SMILES string of the molecule is O=C(CCc1ccccc1)Nc1cccc(Cl)c1. The molecule has 18 heavy (non-hydrogen) atoms. The smallest absolute Gasteiger partial charge is 0.224 e. The summed E-state index contributed by atoms with van der Waals surface area (Å²) in [5, 5.41) is 3.45. The van der Waals surface area contributed by atoms with Gasteiger partial charge in [0.05, 0.1) is 0 Å². The highest BCUT2D eigenvalue weighted by Gasteiger charge is 2.03. The van der Waals surface area contributed by atoms with E-state index in [1.54, 1.807) is 12.1 Å². The zero-order valence-corrected chi connectivity index (χ0v) is 10.7. The molecule has 0 saturated heterocycles. The lowest BCUT2D eigenvalue weighted by molar-refractivity contribution is -0.116. The van der Waals surface area contributed by atoms with Crippen LogP contribution < -0.4 is 5.32 Å². The minimum Gasteiger partial charge on any atom is -0.326 e. The number of hydrogen-bond donors (Lipinski definition) is 1. The van der Waals surface area contributed by atoms with Crippen LogP contribution in [0.15, 0.2) is 54.6 Å². The summed E-state index contributed by atoms with van der Waals surface area (Å²) in [4.78, 5) is 11.7. The van der Waals surface area contributed by atoms with Crippen molar-refractivity contribution in [2.75, 3.05) is 5.32 Å². The monoisotopic (exact) mass is 259 g/mol. The highest BCUT2D eigenvalue weighted by molar-refractivity contribution is 6.30. The Kier molecular flexibility index (Phi) is 4.37. The molecule has 3 heteroatoms. The van der Waals surface area contributed by atoms with E-state index in [0.29, 0.717) is 11.4 Å². The number of nitrogens with one attached hydrogen (secondary N) is 1. The van der Waals surface area contributed by atoms with Gasteiger partial charge in [-0.25, -0.2) is 0 Å². The standard InChI is InChI=1S/C15H14ClNO/c16-13-7-4-8-14(11-13)17-15(18)10-9-12-5-2-1-3-6-12/h1-8,11H,9-10H2,(H,17,18). The lowest BCUT2D eigenvalue weighted by atomic mass is 10.1. The summed E-state index contributed by atoms with van der Waals surface area (Å²) in [7, 11) is 0. The van der Waals surface area contributed by atoms with Crippen molar-refractivity contribution >= 4 is 23.2 Å². The van der Waals surface area contributed by atoms with E-state index in [2.05, 4.69) is 5.32 Å². The number of amides is 1. The molecule has 2 aromatic carbocycles. The Morgan fingerprint density at radius 1 is 1.06 bits per heavy atom. The maximum Gasteiger partial charge on any atom is 0.224 e. The Hall–Kier alpha value is -1.80. The fraction of sp³-hybridized carbons (Fsp3) is 0.133. The van der Waals surface area contributed by atoms with Gasteiger partial charge in [-0.2, -0.15) is 0 Å². The van der Waals surface area contributed by atoms with E-state index >= 15 is 0 Å². The molecule has 2 aromatic rings. The van der Waals surface area contributed by atoms with Gasteiger partial charge < -0.3 is 5.32 Å².